The Morgan fingerprint density at radius 2 is 2.07 bits per heavy atom. The second-order valence-corrected chi connectivity index (χ2v) is 5.74. The highest BCUT2D eigenvalue weighted by atomic mass is 32.2. The predicted molar refractivity (Wildman–Crippen MR) is 65.4 cm³/mol. The molecule has 15 heavy (non-hydrogen) atoms. The van der Waals surface area contributed by atoms with Crippen LogP contribution >= 0.6 is 11.8 Å². The molecule has 3 nitrogen and oxygen atoms in total. The summed E-state index contributed by atoms with van der Waals surface area (Å²) < 4.78 is 0. The first-order chi connectivity index (χ1) is 7.36. The van der Waals surface area contributed by atoms with Crippen LogP contribution in [-0.4, -0.2) is 59.8 Å². The molecule has 1 saturated heterocycles. The number of hydrogen-bond acceptors (Lipinski definition) is 4. The van der Waals surface area contributed by atoms with Crippen LogP contribution in [0.15, 0.2) is 0 Å². The summed E-state index contributed by atoms with van der Waals surface area (Å²) in [5, 5.41) is 13.1. The standard InChI is InChI=1S/C11H22N2OS/c14-11-3-1-2-10(11)12-4-5-13-6-8-15-9-7-13/h10-12,14H,1-9H2/t10-,11-/m0/s1. The van der Waals surface area contributed by atoms with Crippen molar-refractivity contribution < 1.29 is 5.11 Å². The fourth-order valence-electron chi connectivity index (χ4n) is 2.41. The largest absolute Gasteiger partial charge is 0.392 e. The van der Waals surface area contributed by atoms with Gasteiger partial charge in [-0.1, -0.05) is 0 Å². The van der Waals surface area contributed by atoms with Crippen LogP contribution in [0.5, 0.6) is 0 Å². The van der Waals surface area contributed by atoms with E-state index in [0.29, 0.717) is 6.04 Å². The monoisotopic (exact) mass is 230 g/mol. The Hall–Kier alpha value is 0.230. The zero-order valence-corrected chi connectivity index (χ0v) is 10.1. The van der Waals surface area contributed by atoms with Crippen molar-refractivity contribution in [3.05, 3.63) is 0 Å². The molecule has 2 atom stereocenters. The Labute approximate surface area is 96.6 Å². The van der Waals surface area contributed by atoms with E-state index in [9.17, 15) is 5.11 Å². The first kappa shape index (κ1) is 11.7. The molecule has 0 amide bonds. The topological polar surface area (TPSA) is 35.5 Å². The van der Waals surface area contributed by atoms with E-state index in [4.69, 9.17) is 0 Å². The van der Waals surface area contributed by atoms with E-state index in [1.54, 1.807) is 0 Å². The summed E-state index contributed by atoms with van der Waals surface area (Å²) in [6.45, 7) is 4.65. The van der Waals surface area contributed by atoms with Gasteiger partial charge < -0.3 is 15.3 Å². The highest BCUT2D eigenvalue weighted by Gasteiger charge is 2.24. The number of nitrogens with one attached hydrogen (secondary N) is 1. The van der Waals surface area contributed by atoms with Gasteiger partial charge in [-0.3, -0.25) is 0 Å². The van der Waals surface area contributed by atoms with Crippen molar-refractivity contribution in [1.29, 1.82) is 0 Å². The normalized spacial score (nSPS) is 33.4. The molecule has 0 aromatic rings. The van der Waals surface area contributed by atoms with Gasteiger partial charge in [0.2, 0.25) is 0 Å². The smallest absolute Gasteiger partial charge is 0.0693 e. The van der Waals surface area contributed by atoms with E-state index in [-0.39, 0.29) is 6.10 Å². The second-order valence-electron chi connectivity index (χ2n) is 4.51. The summed E-state index contributed by atoms with van der Waals surface area (Å²) in [5.41, 5.74) is 0. The first-order valence-corrected chi connectivity index (χ1v) is 7.23. The van der Waals surface area contributed by atoms with Gasteiger partial charge in [-0.05, 0) is 19.3 Å². The number of aliphatic hydroxyl groups is 1. The Bertz CT molecular complexity index is 185. The van der Waals surface area contributed by atoms with E-state index in [2.05, 4.69) is 22.0 Å². The van der Waals surface area contributed by atoms with Crippen molar-refractivity contribution >= 4 is 11.8 Å². The van der Waals surface area contributed by atoms with Crippen molar-refractivity contribution in [2.75, 3.05) is 37.7 Å². The van der Waals surface area contributed by atoms with Crippen LogP contribution in [0.2, 0.25) is 0 Å². The lowest BCUT2D eigenvalue weighted by atomic mass is 10.2. The maximum Gasteiger partial charge on any atom is 0.0693 e. The molecule has 1 heterocycles. The molecule has 88 valence electrons. The van der Waals surface area contributed by atoms with Gasteiger partial charge in [-0.2, -0.15) is 11.8 Å². The number of hydrogen-bond donors (Lipinski definition) is 2. The Kier molecular flexibility index (Phi) is 4.75. The summed E-state index contributed by atoms with van der Waals surface area (Å²) in [6.07, 6.45) is 3.22. The Morgan fingerprint density at radius 1 is 1.27 bits per heavy atom. The lowest BCUT2D eigenvalue weighted by molar-refractivity contribution is 0.147. The van der Waals surface area contributed by atoms with Crippen molar-refractivity contribution in [2.45, 2.75) is 31.4 Å². The van der Waals surface area contributed by atoms with E-state index < -0.39 is 0 Å². The summed E-state index contributed by atoms with van der Waals surface area (Å²) in [5.74, 6) is 2.57. The second kappa shape index (κ2) is 6.09. The minimum atomic E-state index is -0.0955. The summed E-state index contributed by atoms with van der Waals surface area (Å²) in [6, 6.07) is 0.365. The molecule has 4 heteroatoms. The van der Waals surface area contributed by atoms with Crippen LogP contribution in [0.25, 0.3) is 0 Å². The number of nitrogens with zero attached hydrogens (tertiary/aromatic N) is 1. The molecule has 0 bridgehead atoms. The molecule has 2 N–H and O–H groups in total. The summed E-state index contributed by atoms with van der Waals surface area (Å²) in [4.78, 5) is 2.52. The van der Waals surface area contributed by atoms with E-state index >= 15 is 0 Å². The van der Waals surface area contributed by atoms with Gasteiger partial charge in [0.1, 0.15) is 0 Å². The molecule has 1 aliphatic carbocycles. The average Bonchev–Trinajstić information content (AvgIpc) is 2.66. The van der Waals surface area contributed by atoms with Crippen LogP contribution in [0, 0.1) is 0 Å². The zero-order valence-electron chi connectivity index (χ0n) is 9.32. The van der Waals surface area contributed by atoms with Crippen LogP contribution in [0.3, 0.4) is 0 Å². The maximum atomic E-state index is 9.65. The molecule has 0 spiro atoms. The lowest BCUT2D eigenvalue weighted by Gasteiger charge is -2.27. The van der Waals surface area contributed by atoms with Crippen LogP contribution in [-0.2, 0) is 0 Å². The predicted octanol–water partition coefficient (Wildman–Crippen LogP) is 0.538. The van der Waals surface area contributed by atoms with Crippen LogP contribution < -0.4 is 5.32 Å². The minimum Gasteiger partial charge on any atom is -0.392 e. The maximum absolute atomic E-state index is 9.65. The highest BCUT2D eigenvalue weighted by molar-refractivity contribution is 7.99. The quantitative estimate of drug-likeness (QED) is 0.739. The third-order valence-electron chi connectivity index (χ3n) is 3.42. The first-order valence-electron chi connectivity index (χ1n) is 6.08. The van der Waals surface area contributed by atoms with Gasteiger partial charge in [0, 0.05) is 43.7 Å². The summed E-state index contributed by atoms with van der Waals surface area (Å²) >= 11 is 2.06. The third kappa shape index (κ3) is 3.63. The molecule has 2 aliphatic rings. The van der Waals surface area contributed by atoms with Gasteiger partial charge in [0.05, 0.1) is 6.10 Å². The van der Waals surface area contributed by atoms with Crippen molar-refractivity contribution in [3.8, 4) is 0 Å². The number of aliphatic hydroxyl groups excluding tert-OH is 1. The van der Waals surface area contributed by atoms with E-state index in [1.807, 2.05) is 0 Å². The SMILES string of the molecule is O[C@H]1CCC[C@@H]1NCCN1CCSCC1. The molecule has 2 rings (SSSR count). The van der Waals surface area contributed by atoms with Crippen LogP contribution in [0.1, 0.15) is 19.3 Å². The number of rotatable bonds is 4. The van der Waals surface area contributed by atoms with Crippen molar-refractivity contribution in [1.82, 2.24) is 10.2 Å². The van der Waals surface area contributed by atoms with Gasteiger partial charge in [0.25, 0.3) is 0 Å². The van der Waals surface area contributed by atoms with E-state index in [1.165, 1.54) is 31.0 Å². The van der Waals surface area contributed by atoms with Gasteiger partial charge in [-0.15, -0.1) is 0 Å². The Morgan fingerprint density at radius 3 is 2.73 bits per heavy atom. The molecule has 0 aromatic carbocycles. The van der Waals surface area contributed by atoms with Gasteiger partial charge >= 0.3 is 0 Å². The molecule has 1 saturated carbocycles. The van der Waals surface area contributed by atoms with E-state index in [0.717, 1.165) is 25.9 Å². The zero-order chi connectivity index (χ0) is 10.5. The fourth-order valence-corrected chi connectivity index (χ4v) is 3.39. The molecular weight excluding hydrogens is 208 g/mol. The number of thioether (sulfide) groups is 1. The lowest BCUT2D eigenvalue weighted by Crippen LogP contribution is -2.42. The molecule has 0 unspecified atom stereocenters. The van der Waals surface area contributed by atoms with Crippen LogP contribution in [0.4, 0.5) is 0 Å². The fraction of sp³-hybridized carbons (Fsp3) is 1.00. The summed E-state index contributed by atoms with van der Waals surface area (Å²) in [7, 11) is 0. The molecule has 2 fully saturated rings. The van der Waals surface area contributed by atoms with Crippen molar-refractivity contribution in [3.63, 3.8) is 0 Å². The van der Waals surface area contributed by atoms with Crippen molar-refractivity contribution in [2.24, 2.45) is 0 Å². The molecular formula is C11H22N2OS. The Balaban J connectivity index is 1.57. The molecule has 1 aliphatic heterocycles. The molecule has 0 radical (unpaired) electrons. The van der Waals surface area contributed by atoms with Gasteiger partial charge in [0.15, 0.2) is 0 Å². The van der Waals surface area contributed by atoms with Gasteiger partial charge in [-0.25, -0.2) is 0 Å². The highest BCUT2D eigenvalue weighted by Crippen LogP contribution is 2.18. The average molecular weight is 230 g/mol. The molecule has 0 aromatic heterocycles. The third-order valence-corrected chi connectivity index (χ3v) is 4.36. The minimum absolute atomic E-state index is 0.0955.